The lowest BCUT2D eigenvalue weighted by molar-refractivity contribution is 0.389. The van der Waals surface area contributed by atoms with Crippen molar-refractivity contribution < 1.29 is 18.9 Å². The van der Waals surface area contributed by atoms with Crippen molar-refractivity contribution in [2.45, 2.75) is 19.5 Å². The van der Waals surface area contributed by atoms with Gasteiger partial charge in [-0.25, -0.2) is 0 Å². The van der Waals surface area contributed by atoms with E-state index in [0.29, 0.717) is 6.54 Å². The van der Waals surface area contributed by atoms with Crippen LogP contribution in [0, 0.1) is 0 Å². The lowest BCUT2D eigenvalue weighted by Gasteiger charge is -2.19. The zero-order valence-electron chi connectivity index (χ0n) is 14.9. The minimum atomic E-state index is 0.0900. The zero-order chi connectivity index (χ0) is 17.5. The van der Waals surface area contributed by atoms with Crippen molar-refractivity contribution in [3.05, 3.63) is 47.5 Å². The van der Waals surface area contributed by atoms with Crippen LogP contribution in [0.4, 0.5) is 0 Å². The largest absolute Gasteiger partial charge is 0.497 e. The summed E-state index contributed by atoms with van der Waals surface area (Å²) in [6, 6.07) is 11.7. The number of rotatable bonds is 8. The van der Waals surface area contributed by atoms with Crippen molar-refractivity contribution in [2.75, 3.05) is 28.4 Å². The molecule has 2 aromatic carbocycles. The summed E-state index contributed by atoms with van der Waals surface area (Å²) in [5, 5.41) is 3.50. The van der Waals surface area contributed by atoms with E-state index in [1.54, 1.807) is 28.4 Å². The van der Waals surface area contributed by atoms with Crippen LogP contribution in [0.5, 0.6) is 23.0 Å². The Morgan fingerprint density at radius 2 is 1.42 bits per heavy atom. The lowest BCUT2D eigenvalue weighted by Crippen LogP contribution is -2.19. The Morgan fingerprint density at radius 1 is 0.792 bits per heavy atom. The third-order valence-corrected chi connectivity index (χ3v) is 3.93. The maximum atomic E-state index is 5.46. The molecule has 0 aromatic heterocycles. The van der Waals surface area contributed by atoms with Crippen molar-refractivity contribution in [2.24, 2.45) is 0 Å². The summed E-state index contributed by atoms with van der Waals surface area (Å²) < 4.78 is 21.4. The molecule has 0 bridgehead atoms. The summed E-state index contributed by atoms with van der Waals surface area (Å²) in [6.45, 7) is 2.77. The highest BCUT2D eigenvalue weighted by atomic mass is 16.5. The molecule has 0 heterocycles. The molecule has 0 fully saturated rings. The fraction of sp³-hybridized carbons (Fsp3) is 0.368. The number of hydrogen-bond donors (Lipinski definition) is 1. The molecule has 0 spiro atoms. The highest BCUT2D eigenvalue weighted by Crippen LogP contribution is 2.30. The quantitative estimate of drug-likeness (QED) is 0.801. The molecule has 130 valence electrons. The van der Waals surface area contributed by atoms with Crippen LogP contribution < -0.4 is 24.3 Å². The Hall–Kier alpha value is -2.40. The first kappa shape index (κ1) is 17.9. The average molecular weight is 331 g/mol. The third-order valence-electron chi connectivity index (χ3n) is 3.93. The molecule has 0 saturated heterocycles. The molecule has 24 heavy (non-hydrogen) atoms. The summed E-state index contributed by atoms with van der Waals surface area (Å²) in [4.78, 5) is 0. The van der Waals surface area contributed by atoms with Crippen molar-refractivity contribution in [3.8, 4) is 23.0 Å². The van der Waals surface area contributed by atoms with Gasteiger partial charge in [0.15, 0.2) is 0 Å². The van der Waals surface area contributed by atoms with Gasteiger partial charge >= 0.3 is 0 Å². The van der Waals surface area contributed by atoms with Gasteiger partial charge in [0.05, 0.1) is 28.4 Å². The van der Waals surface area contributed by atoms with Crippen LogP contribution in [0.25, 0.3) is 0 Å². The van der Waals surface area contributed by atoms with Gasteiger partial charge in [0, 0.05) is 24.2 Å². The van der Waals surface area contributed by atoms with E-state index in [2.05, 4.69) is 12.2 Å². The number of benzene rings is 2. The van der Waals surface area contributed by atoms with Crippen LogP contribution in [0.2, 0.25) is 0 Å². The first-order chi connectivity index (χ1) is 11.6. The monoisotopic (exact) mass is 331 g/mol. The number of ether oxygens (including phenoxy) is 4. The molecule has 0 aliphatic rings. The molecule has 1 N–H and O–H groups in total. The highest BCUT2D eigenvalue weighted by Gasteiger charge is 2.13. The standard InChI is InChI=1S/C19H25NO4/c1-13(18-11-15(21-2)6-7-19(18)24-5)20-12-14-8-16(22-3)10-17(9-14)23-4/h6-11,13,20H,12H2,1-5H3/t13-/m1/s1. The molecule has 5 nitrogen and oxygen atoms in total. The third kappa shape index (κ3) is 4.32. The van der Waals surface area contributed by atoms with Crippen molar-refractivity contribution in [3.63, 3.8) is 0 Å². The minimum absolute atomic E-state index is 0.0900. The predicted molar refractivity (Wildman–Crippen MR) is 94.3 cm³/mol. The molecule has 0 radical (unpaired) electrons. The van der Waals surface area contributed by atoms with Crippen LogP contribution >= 0.6 is 0 Å². The predicted octanol–water partition coefficient (Wildman–Crippen LogP) is 3.57. The van der Waals surface area contributed by atoms with Crippen molar-refractivity contribution in [1.29, 1.82) is 0 Å². The van der Waals surface area contributed by atoms with Gasteiger partial charge in [-0.15, -0.1) is 0 Å². The Labute approximate surface area is 143 Å². The van der Waals surface area contributed by atoms with Crippen LogP contribution in [0.3, 0.4) is 0 Å². The number of methoxy groups -OCH3 is 4. The molecular weight excluding hydrogens is 306 g/mol. The minimum Gasteiger partial charge on any atom is -0.497 e. The zero-order valence-corrected chi connectivity index (χ0v) is 14.9. The van der Waals surface area contributed by atoms with Crippen molar-refractivity contribution >= 4 is 0 Å². The topological polar surface area (TPSA) is 49.0 Å². The SMILES string of the molecule is COc1cc(CN[C@H](C)c2cc(OC)ccc2OC)cc(OC)c1. The van der Waals surface area contributed by atoms with E-state index < -0.39 is 0 Å². The Kier molecular flexibility index (Phi) is 6.32. The molecule has 1 atom stereocenters. The van der Waals surface area contributed by atoms with Crippen LogP contribution in [0.1, 0.15) is 24.1 Å². The second-order valence-corrected chi connectivity index (χ2v) is 5.43. The average Bonchev–Trinajstić information content (AvgIpc) is 2.64. The number of nitrogens with one attached hydrogen (secondary N) is 1. The summed E-state index contributed by atoms with van der Waals surface area (Å²) >= 11 is 0. The Balaban J connectivity index is 2.14. The van der Waals surface area contributed by atoms with Gasteiger partial charge in [0.25, 0.3) is 0 Å². The molecule has 0 aliphatic carbocycles. The molecule has 0 amide bonds. The van der Waals surface area contributed by atoms with Gasteiger partial charge in [0.2, 0.25) is 0 Å². The van der Waals surface area contributed by atoms with Gasteiger partial charge in [-0.05, 0) is 42.8 Å². The molecule has 5 heteroatoms. The maximum Gasteiger partial charge on any atom is 0.123 e. The normalized spacial score (nSPS) is 11.7. The Bertz CT molecular complexity index is 650. The van der Waals surface area contributed by atoms with E-state index in [1.807, 2.05) is 36.4 Å². The van der Waals surface area contributed by atoms with Gasteiger partial charge in [0.1, 0.15) is 23.0 Å². The summed E-state index contributed by atoms with van der Waals surface area (Å²) in [5.41, 5.74) is 2.13. The Morgan fingerprint density at radius 3 is 1.96 bits per heavy atom. The fourth-order valence-corrected chi connectivity index (χ4v) is 2.53. The summed E-state index contributed by atoms with van der Waals surface area (Å²) in [7, 11) is 6.63. The van der Waals surface area contributed by atoms with Gasteiger partial charge in [-0.1, -0.05) is 0 Å². The van der Waals surface area contributed by atoms with E-state index in [0.717, 1.165) is 34.1 Å². The maximum absolute atomic E-state index is 5.46. The molecule has 2 aromatic rings. The van der Waals surface area contributed by atoms with E-state index in [-0.39, 0.29) is 6.04 Å². The first-order valence-electron chi connectivity index (χ1n) is 7.78. The van der Waals surface area contributed by atoms with Crippen LogP contribution in [0.15, 0.2) is 36.4 Å². The van der Waals surface area contributed by atoms with Crippen LogP contribution in [-0.4, -0.2) is 28.4 Å². The summed E-state index contributed by atoms with van der Waals surface area (Å²) in [5.74, 6) is 3.19. The second-order valence-electron chi connectivity index (χ2n) is 5.43. The molecule has 0 unspecified atom stereocenters. The van der Waals surface area contributed by atoms with E-state index in [4.69, 9.17) is 18.9 Å². The lowest BCUT2D eigenvalue weighted by atomic mass is 10.1. The number of hydrogen-bond acceptors (Lipinski definition) is 5. The van der Waals surface area contributed by atoms with Gasteiger partial charge in [-0.2, -0.15) is 0 Å². The molecule has 0 saturated carbocycles. The summed E-state index contributed by atoms with van der Waals surface area (Å²) in [6.07, 6.45) is 0. The van der Waals surface area contributed by atoms with E-state index >= 15 is 0 Å². The van der Waals surface area contributed by atoms with Crippen molar-refractivity contribution in [1.82, 2.24) is 5.32 Å². The smallest absolute Gasteiger partial charge is 0.123 e. The van der Waals surface area contributed by atoms with Gasteiger partial charge in [-0.3, -0.25) is 0 Å². The van der Waals surface area contributed by atoms with E-state index in [1.165, 1.54) is 0 Å². The van der Waals surface area contributed by atoms with Crippen LogP contribution in [-0.2, 0) is 6.54 Å². The molecule has 0 aliphatic heterocycles. The highest BCUT2D eigenvalue weighted by molar-refractivity contribution is 5.42. The molecular formula is C19H25NO4. The second kappa shape index (κ2) is 8.45. The molecule has 2 rings (SSSR count). The first-order valence-corrected chi connectivity index (χ1v) is 7.78. The fourth-order valence-electron chi connectivity index (χ4n) is 2.53. The van der Waals surface area contributed by atoms with E-state index in [9.17, 15) is 0 Å². The van der Waals surface area contributed by atoms with Gasteiger partial charge < -0.3 is 24.3 Å².